The van der Waals surface area contributed by atoms with E-state index in [-0.39, 0.29) is 0 Å². The summed E-state index contributed by atoms with van der Waals surface area (Å²) in [6.45, 7) is 6.22. The fraction of sp³-hybridized carbons (Fsp3) is 0.562. The van der Waals surface area contributed by atoms with Crippen LogP contribution in [0.15, 0.2) is 12.1 Å². The van der Waals surface area contributed by atoms with Crippen LogP contribution in [0.5, 0.6) is 11.5 Å². The van der Waals surface area contributed by atoms with Gasteiger partial charge in [-0.1, -0.05) is 6.92 Å². The average molecular weight is 279 g/mol. The van der Waals surface area contributed by atoms with Crippen molar-refractivity contribution in [3.8, 4) is 11.5 Å². The minimum Gasteiger partial charge on any atom is -0.493 e. The highest BCUT2D eigenvalue weighted by molar-refractivity contribution is 5.81. The Balaban J connectivity index is 2.77. The molecule has 4 heteroatoms. The lowest BCUT2D eigenvalue weighted by molar-refractivity contribution is 0.111. The van der Waals surface area contributed by atoms with Crippen LogP contribution in [0.2, 0.25) is 0 Å². The molecule has 1 aromatic carbocycles. The lowest BCUT2D eigenvalue weighted by Gasteiger charge is -2.16. The van der Waals surface area contributed by atoms with Gasteiger partial charge in [-0.2, -0.15) is 0 Å². The Morgan fingerprint density at radius 2 is 1.95 bits per heavy atom. The summed E-state index contributed by atoms with van der Waals surface area (Å²) in [6.07, 6.45) is 2.70. The molecule has 4 nitrogen and oxygen atoms in total. The zero-order chi connectivity index (χ0) is 15.0. The van der Waals surface area contributed by atoms with E-state index in [9.17, 15) is 4.79 Å². The number of ether oxygens (including phenoxy) is 2. The third-order valence-corrected chi connectivity index (χ3v) is 2.97. The molecule has 0 heterocycles. The molecular weight excluding hydrogens is 254 g/mol. The molecule has 20 heavy (non-hydrogen) atoms. The van der Waals surface area contributed by atoms with Gasteiger partial charge in [0, 0.05) is 12.1 Å². The van der Waals surface area contributed by atoms with Gasteiger partial charge in [-0.15, -0.1) is 0 Å². The molecule has 0 saturated carbocycles. The topological polar surface area (TPSA) is 38.8 Å². The highest BCUT2D eigenvalue weighted by Gasteiger charge is 2.12. The lowest BCUT2D eigenvalue weighted by Crippen LogP contribution is -2.16. The second-order valence-corrected chi connectivity index (χ2v) is 5.08. The van der Waals surface area contributed by atoms with Crippen molar-refractivity contribution in [1.82, 2.24) is 4.90 Å². The van der Waals surface area contributed by atoms with Gasteiger partial charge in [0.2, 0.25) is 0 Å². The van der Waals surface area contributed by atoms with E-state index in [1.54, 1.807) is 6.07 Å². The maximum Gasteiger partial charge on any atom is 0.153 e. The SMILES string of the molecule is CCCOc1ccc(C=O)c(OCCCN(C)C)c1C. The van der Waals surface area contributed by atoms with Crippen LogP contribution in [0.3, 0.4) is 0 Å². The number of carbonyl (C=O) groups is 1. The number of rotatable bonds is 9. The van der Waals surface area contributed by atoms with Crippen LogP contribution < -0.4 is 9.47 Å². The van der Waals surface area contributed by atoms with Crippen LogP contribution >= 0.6 is 0 Å². The summed E-state index contributed by atoms with van der Waals surface area (Å²) < 4.78 is 11.5. The van der Waals surface area contributed by atoms with Crippen LogP contribution in [0.25, 0.3) is 0 Å². The van der Waals surface area contributed by atoms with Crippen LogP contribution in [0.1, 0.15) is 35.7 Å². The summed E-state index contributed by atoms with van der Waals surface area (Å²) in [6, 6.07) is 3.59. The quantitative estimate of drug-likeness (QED) is 0.514. The Kier molecular flexibility index (Phi) is 7.09. The Morgan fingerprint density at radius 3 is 2.55 bits per heavy atom. The van der Waals surface area contributed by atoms with Gasteiger partial charge in [0.1, 0.15) is 11.5 Å². The molecule has 0 radical (unpaired) electrons. The first-order valence-electron chi connectivity index (χ1n) is 7.09. The first-order valence-corrected chi connectivity index (χ1v) is 7.09. The summed E-state index contributed by atoms with van der Waals surface area (Å²) in [5, 5.41) is 0. The van der Waals surface area contributed by atoms with Gasteiger partial charge < -0.3 is 14.4 Å². The van der Waals surface area contributed by atoms with Gasteiger partial charge in [0.15, 0.2) is 6.29 Å². The van der Waals surface area contributed by atoms with Gasteiger partial charge >= 0.3 is 0 Å². The van der Waals surface area contributed by atoms with Crippen molar-refractivity contribution in [2.45, 2.75) is 26.7 Å². The largest absolute Gasteiger partial charge is 0.493 e. The molecule has 1 rings (SSSR count). The van der Waals surface area contributed by atoms with E-state index < -0.39 is 0 Å². The second kappa shape index (κ2) is 8.59. The first kappa shape index (κ1) is 16.5. The zero-order valence-electron chi connectivity index (χ0n) is 12.9. The summed E-state index contributed by atoms with van der Waals surface area (Å²) in [4.78, 5) is 13.2. The maximum atomic E-state index is 11.1. The molecule has 1 aromatic rings. The normalized spacial score (nSPS) is 10.7. The molecule has 0 amide bonds. The number of hydrogen-bond donors (Lipinski definition) is 0. The van der Waals surface area contributed by atoms with Gasteiger partial charge in [0.05, 0.1) is 18.8 Å². The summed E-state index contributed by atoms with van der Waals surface area (Å²) >= 11 is 0. The van der Waals surface area contributed by atoms with Crippen molar-refractivity contribution in [2.75, 3.05) is 33.9 Å². The number of hydrogen-bond acceptors (Lipinski definition) is 4. The predicted molar refractivity (Wildman–Crippen MR) is 81.0 cm³/mol. The highest BCUT2D eigenvalue weighted by Crippen LogP contribution is 2.31. The van der Waals surface area contributed by atoms with E-state index >= 15 is 0 Å². The number of benzene rings is 1. The van der Waals surface area contributed by atoms with E-state index in [1.807, 2.05) is 27.1 Å². The number of nitrogens with zero attached hydrogens (tertiary/aromatic N) is 1. The molecule has 0 aliphatic heterocycles. The van der Waals surface area contributed by atoms with Gasteiger partial charge in [-0.05, 0) is 46.0 Å². The molecule has 0 fully saturated rings. The standard InChI is InChI=1S/C16H25NO3/c1-5-10-19-15-8-7-14(12-18)16(13(15)2)20-11-6-9-17(3)4/h7-8,12H,5-6,9-11H2,1-4H3. The van der Waals surface area contributed by atoms with Crippen molar-refractivity contribution in [3.05, 3.63) is 23.3 Å². The minimum atomic E-state index is 0.580. The van der Waals surface area contributed by atoms with Crippen molar-refractivity contribution in [1.29, 1.82) is 0 Å². The third kappa shape index (κ3) is 4.85. The van der Waals surface area contributed by atoms with Crippen LogP contribution in [0, 0.1) is 6.92 Å². The molecule has 0 spiro atoms. The molecule has 0 N–H and O–H groups in total. The van der Waals surface area contributed by atoms with E-state index in [1.165, 1.54) is 0 Å². The minimum absolute atomic E-state index is 0.580. The fourth-order valence-electron chi connectivity index (χ4n) is 1.90. The Hall–Kier alpha value is -1.55. The molecule has 0 atom stereocenters. The summed E-state index contributed by atoms with van der Waals surface area (Å²) in [7, 11) is 4.06. The van der Waals surface area contributed by atoms with E-state index in [0.717, 1.165) is 37.0 Å². The van der Waals surface area contributed by atoms with Gasteiger partial charge in [-0.3, -0.25) is 4.79 Å². The lowest BCUT2D eigenvalue weighted by atomic mass is 10.1. The van der Waals surface area contributed by atoms with Crippen LogP contribution in [-0.2, 0) is 0 Å². The molecule has 0 aliphatic rings. The molecular formula is C16H25NO3. The predicted octanol–water partition coefficient (Wildman–Crippen LogP) is 2.93. The molecule has 0 unspecified atom stereocenters. The third-order valence-electron chi connectivity index (χ3n) is 2.97. The van der Waals surface area contributed by atoms with Crippen molar-refractivity contribution in [2.24, 2.45) is 0 Å². The van der Waals surface area contributed by atoms with E-state index in [4.69, 9.17) is 9.47 Å². The van der Waals surface area contributed by atoms with Crippen molar-refractivity contribution < 1.29 is 14.3 Å². The molecule has 0 aromatic heterocycles. The van der Waals surface area contributed by atoms with E-state index in [2.05, 4.69) is 11.8 Å². The Labute approximate surface area is 121 Å². The first-order chi connectivity index (χ1) is 9.60. The Morgan fingerprint density at radius 1 is 1.20 bits per heavy atom. The number of carbonyl (C=O) groups excluding carboxylic acids is 1. The van der Waals surface area contributed by atoms with Gasteiger partial charge in [-0.25, -0.2) is 0 Å². The average Bonchev–Trinajstić information content (AvgIpc) is 2.43. The zero-order valence-corrected chi connectivity index (χ0v) is 12.9. The van der Waals surface area contributed by atoms with Crippen LogP contribution in [-0.4, -0.2) is 45.0 Å². The van der Waals surface area contributed by atoms with Gasteiger partial charge in [0.25, 0.3) is 0 Å². The highest BCUT2D eigenvalue weighted by atomic mass is 16.5. The van der Waals surface area contributed by atoms with Crippen molar-refractivity contribution >= 4 is 6.29 Å². The van der Waals surface area contributed by atoms with Crippen LogP contribution in [0.4, 0.5) is 0 Å². The second-order valence-electron chi connectivity index (χ2n) is 5.08. The Bertz CT molecular complexity index is 430. The summed E-state index contributed by atoms with van der Waals surface area (Å²) in [5.74, 6) is 1.44. The van der Waals surface area contributed by atoms with Crippen molar-refractivity contribution in [3.63, 3.8) is 0 Å². The molecule has 0 aliphatic carbocycles. The van der Waals surface area contributed by atoms with E-state index in [0.29, 0.717) is 24.5 Å². The smallest absolute Gasteiger partial charge is 0.153 e. The fourth-order valence-corrected chi connectivity index (χ4v) is 1.90. The molecule has 0 saturated heterocycles. The molecule has 112 valence electrons. The maximum absolute atomic E-state index is 11.1. The summed E-state index contributed by atoms with van der Waals surface area (Å²) in [5.41, 5.74) is 1.48. The molecule has 0 bridgehead atoms. The number of aldehydes is 1. The monoisotopic (exact) mass is 279 g/mol.